The second-order valence-electron chi connectivity index (χ2n) is 5.77. The van der Waals surface area contributed by atoms with Gasteiger partial charge in [0.05, 0.1) is 11.4 Å². The van der Waals surface area contributed by atoms with E-state index in [-0.39, 0.29) is 24.3 Å². The second-order valence-corrected chi connectivity index (χ2v) is 6.77. The van der Waals surface area contributed by atoms with Gasteiger partial charge in [-0.15, -0.1) is 0 Å². The van der Waals surface area contributed by atoms with Gasteiger partial charge in [0.1, 0.15) is 11.8 Å². The highest BCUT2D eigenvalue weighted by molar-refractivity contribution is 8.18. The van der Waals surface area contributed by atoms with Gasteiger partial charge >= 0.3 is 0 Å². The number of carbonyl (C=O) groups excluding carboxylic acids is 2. The molecule has 26 heavy (non-hydrogen) atoms. The van der Waals surface area contributed by atoms with Gasteiger partial charge in [0.15, 0.2) is 6.61 Å². The van der Waals surface area contributed by atoms with Crippen LogP contribution in [0.2, 0.25) is 0 Å². The van der Waals surface area contributed by atoms with Crippen molar-refractivity contribution in [2.75, 3.05) is 6.61 Å². The smallest absolute Gasteiger partial charge is 0.293 e. The van der Waals surface area contributed by atoms with E-state index < -0.39 is 0 Å². The SMILES string of the molecule is Cc1cccc(CN2C(=O)S/C(=C\c3ccc(OCC#N)cc3)C2=O)c1. The van der Waals surface area contributed by atoms with Crippen LogP contribution < -0.4 is 4.74 Å². The minimum absolute atomic E-state index is 0.0167. The van der Waals surface area contributed by atoms with Crippen molar-refractivity contribution in [3.05, 3.63) is 70.1 Å². The third kappa shape index (κ3) is 4.13. The van der Waals surface area contributed by atoms with E-state index in [0.29, 0.717) is 10.7 Å². The number of hydrogen-bond donors (Lipinski definition) is 0. The minimum atomic E-state index is -0.286. The average Bonchev–Trinajstić information content (AvgIpc) is 2.89. The van der Waals surface area contributed by atoms with E-state index >= 15 is 0 Å². The number of rotatable bonds is 5. The predicted octanol–water partition coefficient (Wildman–Crippen LogP) is 4.13. The number of amides is 2. The van der Waals surface area contributed by atoms with Crippen molar-refractivity contribution in [1.29, 1.82) is 5.26 Å². The fraction of sp³-hybridized carbons (Fsp3) is 0.150. The van der Waals surface area contributed by atoms with Crippen LogP contribution in [-0.4, -0.2) is 22.7 Å². The summed E-state index contributed by atoms with van der Waals surface area (Å²) in [5.74, 6) is 0.294. The molecule has 0 atom stereocenters. The lowest BCUT2D eigenvalue weighted by Gasteiger charge is -2.12. The Bertz CT molecular complexity index is 913. The van der Waals surface area contributed by atoms with E-state index in [9.17, 15) is 9.59 Å². The lowest BCUT2D eigenvalue weighted by Crippen LogP contribution is -2.27. The molecule has 0 spiro atoms. The molecule has 0 saturated carbocycles. The van der Waals surface area contributed by atoms with E-state index in [2.05, 4.69) is 0 Å². The maximum absolute atomic E-state index is 12.6. The molecule has 2 aromatic rings. The molecule has 1 fully saturated rings. The first-order valence-electron chi connectivity index (χ1n) is 7.97. The maximum Gasteiger partial charge on any atom is 0.293 e. The molecule has 2 amide bonds. The van der Waals surface area contributed by atoms with Crippen LogP contribution in [0.25, 0.3) is 6.08 Å². The highest BCUT2D eigenvalue weighted by Gasteiger charge is 2.34. The van der Waals surface area contributed by atoms with Gasteiger partial charge in [-0.3, -0.25) is 14.5 Å². The lowest BCUT2D eigenvalue weighted by molar-refractivity contribution is -0.123. The van der Waals surface area contributed by atoms with Crippen molar-refractivity contribution in [3.63, 3.8) is 0 Å². The number of thioether (sulfide) groups is 1. The van der Waals surface area contributed by atoms with E-state index in [1.54, 1.807) is 30.3 Å². The molecule has 5 nitrogen and oxygen atoms in total. The molecule has 0 N–H and O–H groups in total. The van der Waals surface area contributed by atoms with Gasteiger partial charge in [-0.05, 0) is 48.0 Å². The molecule has 6 heteroatoms. The topological polar surface area (TPSA) is 70.4 Å². The number of benzene rings is 2. The summed E-state index contributed by atoms with van der Waals surface area (Å²) >= 11 is 0.942. The highest BCUT2D eigenvalue weighted by atomic mass is 32.2. The molecule has 0 bridgehead atoms. The first-order valence-corrected chi connectivity index (χ1v) is 8.79. The summed E-state index contributed by atoms with van der Waals surface area (Å²) in [7, 11) is 0. The Hall–Kier alpha value is -3.04. The van der Waals surface area contributed by atoms with E-state index in [0.717, 1.165) is 28.5 Å². The summed E-state index contributed by atoms with van der Waals surface area (Å²) in [5.41, 5.74) is 2.80. The van der Waals surface area contributed by atoms with Crippen molar-refractivity contribution in [3.8, 4) is 11.8 Å². The van der Waals surface area contributed by atoms with Gasteiger partial charge in [0.2, 0.25) is 0 Å². The second kappa shape index (κ2) is 7.89. The summed E-state index contributed by atoms with van der Waals surface area (Å²) in [6.45, 7) is 2.23. The Morgan fingerprint density at radius 3 is 2.65 bits per heavy atom. The zero-order valence-corrected chi connectivity index (χ0v) is 15.0. The summed E-state index contributed by atoms with van der Waals surface area (Å²) in [6.07, 6.45) is 1.69. The van der Waals surface area contributed by atoms with Crippen molar-refractivity contribution in [2.45, 2.75) is 13.5 Å². The molecular formula is C20H16N2O3S. The molecule has 0 unspecified atom stereocenters. The van der Waals surface area contributed by atoms with Crippen molar-refractivity contribution in [2.24, 2.45) is 0 Å². The molecule has 0 radical (unpaired) electrons. The van der Waals surface area contributed by atoms with Crippen LogP contribution in [0.1, 0.15) is 16.7 Å². The highest BCUT2D eigenvalue weighted by Crippen LogP contribution is 2.33. The monoisotopic (exact) mass is 364 g/mol. The first-order chi connectivity index (χ1) is 12.6. The fourth-order valence-electron chi connectivity index (χ4n) is 2.56. The van der Waals surface area contributed by atoms with Crippen molar-refractivity contribution in [1.82, 2.24) is 4.90 Å². The van der Waals surface area contributed by atoms with E-state index in [4.69, 9.17) is 10.00 Å². The molecule has 1 aliphatic rings. The Balaban J connectivity index is 1.73. The normalized spacial score (nSPS) is 15.4. The van der Waals surface area contributed by atoms with Crippen LogP contribution >= 0.6 is 11.8 Å². The lowest BCUT2D eigenvalue weighted by atomic mass is 10.1. The van der Waals surface area contributed by atoms with Gasteiger partial charge in [-0.25, -0.2) is 0 Å². The summed E-state index contributed by atoms with van der Waals surface area (Å²) in [4.78, 5) is 26.5. The fourth-order valence-corrected chi connectivity index (χ4v) is 3.39. The van der Waals surface area contributed by atoms with Gasteiger partial charge in [0, 0.05) is 0 Å². The van der Waals surface area contributed by atoms with Gasteiger partial charge in [-0.1, -0.05) is 42.0 Å². The number of imide groups is 1. The van der Waals surface area contributed by atoms with Crippen molar-refractivity contribution < 1.29 is 14.3 Å². The third-order valence-corrected chi connectivity index (χ3v) is 4.69. The third-order valence-electron chi connectivity index (χ3n) is 3.78. The zero-order chi connectivity index (χ0) is 18.5. The molecule has 3 rings (SSSR count). The minimum Gasteiger partial charge on any atom is -0.479 e. The quantitative estimate of drug-likeness (QED) is 0.746. The summed E-state index contributed by atoms with van der Waals surface area (Å²) < 4.78 is 5.20. The number of hydrogen-bond acceptors (Lipinski definition) is 5. The predicted molar refractivity (Wildman–Crippen MR) is 100 cm³/mol. The number of ether oxygens (including phenoxy) is 1. The molecule has 0 aromatic heterocycles. The number of aryl methyl sites for hydroxylation is 1. The van der Waals surface area contributed by atoms with Crippen LogP contribution in [0.4, 0.5) is 4.79 Å². The van der Waals surface area contributed by atoms with Crippen LogP contribution in [0, 0.1) is 18.3 Å². The zero-order valence-electron chi connectivity index (χ0n) is 14.1. The van der Waals surface area contributed by atoms with Crippen LogP contribution in [0.3, 0.4) is 0 Å². The molecule has 130 valence electrons. The summed E-state index contributed by atoms with van der Waals surface area (Å²) in [5, 5.41) is 8.24. The Kier molecular flexibility index (Phi) is 5.40. The van der Waals surface area contributed by atoms with Crippen LogP contribution in [-0.2, 0) is 11.3 Å². The maximum atomic E-state index is 12.6. The largest absolute Gasteiger partial charge is 0.479 e. The molecular weight excluding hydrogens is 348 g/mol. The Labute approximate surface area is 155 Å². The van der Waals surface area contributed by atoms with E-state index in [1.807, 2.05) is 37.3 Å². The number of nitrogens with zero attached hydrogens (tertiary/aromatic N) is 2. The molecule has 0 aliphatic carbocycles. The average molecular weight is 364 g/mol. The molecule has 1 saturated heterocycles. The van der Waals surface area contributed by atoms with Gasteiger partial charge in [0.25, 0.3) is 11.1 Å². The van der Waals surface area contributed by atoms with Crippen molar-refractivity contribution >= 4 is 29.0 Å². The van der Waals surface area contributed by atoms with E-state index in [1.165, 1.54) is 4.90 Å². The standard InChI is InChI=1S/C20H16N2O3S/c1-14-3-2-4-16(11-14)13-22-19(23)18(26-20(22)24)12-15-5-7-17(8-6-15)25-10-9-21/h2-8,11-12H,10,13H2,1H3/b18-12-. The molecule has 1 heterocycles. The van der Waals surface area contributed by atoms with Crippen LogP contribution in [0.5, 0.6) is 5.75 Å². The number of carbonyl (C=O) groups is 2. The number of nitriles is 1. The summed E-state index contributed by atoms with van der Waals surface area (Å²) in [6, 6.07) is 16.7. The van der Waals surface area contributed by atoms with Gasteiger partial charge < -0.3 is 4.74 Å². The first kappa shape index (κ1) is 17.8. The van der Waals surface area contributed by atoms with Crippen LogP contribution in [0.15, 0.2) is 53.4 Å². The molecule has 1 aliphatic heterocycles. The Morgan fingerprint density at radius 2 is 1.96 bits per heavy atom. The van der Waals surface area contributed by atoms with Gasteiger partial charge in [-0.2, -0.15) is 5.26 Å². The molecule has 2 aromatic carbocycles. The Morgan fingerprint density at radius 1 is 1.19 bits per heavy atom.